The van der Waals surface area contributed by atoms with Crippen molar-refractivity contribution < 1.29 is 18.0 Å². The van der Waals surface area contributed by atoms with Crippen molar-refractivity contribution >= 4 is 5.78 Å². The van der Waals surface area contributed by atoms with Gasteiger partial charge < -0.3 is 4.90 Å². The Balaban J connectivity index is 1.83. The van der Waals surface area contributed by atoms with Crippen molar-refractivity contribution in [3.05, 3.63) is 70.3 Å². The lowest BCUT2D eigenvalue weighted by Gasteiger charge is -2.32. The molecule has 0 amide bonds. The van der Waals surface area contributed by atoms with Gasteiger partial charge >= 0.3 is 6.18 Å². The first-order valence-corrected chi connectivity index (χ1v) is 9.45. The molecular formula is C23H23F3N2O. The van der Waals surface area contributed by atoms with E-state index in [0.29, 0.717) is 28.8 Å². The summed E-state index contributed by atoms with van der Waals surface area (Å²) in [5.41, 5.74) is 1.18. The van der Waals surface area contributed by atoms with Crippen molar-refractivity contribution in [1.82, 2.24) is 9.80 Å². The molecule has 3 rings (SSSR count). The summed E-state index contributed by atoms with van der Waals surface area (Å²) in [7, 11) is 2.03. The van der Waals surface area contributed by atoms with Crippen molar-refractivity contribution in [2.24, 2.45) is 0 Å². The number of benzene rings is 2. The zero-order valence-corrected chi connectivity index (χ0v) is 16.3. The number of carbonyl (C=O) groups excluding carboxylic acids is 1. The van der Waals surface area contributed by atoms with Crippen LogP contribution in [-0.4, -0.2) is 48.8 Å². The Hall–Kier alpha value is -2.62. The summed E-state index contributed by atoms with van der Waals surface area (Å²) in [6.07, 6.45) is 0.800. The summed E-state index contributed by atoms with van der Waals surface area (Å²) in [5.74, 6) is 2.21. The van der Waals surface area contributed by atoms with Crippen LogP contribution < -0.4 is 0 Å². The summed E-state index contributed by atoms with van der Waals surface area (Å²) in [5, 5.41) is 0. The van der Waals surface area contributed by atoms with Crippen LogP contribution in [0.3, 0.4) is 0 Å². The van der Waals surface area contributed by atoms with Gasteiger partial charge in [0.25, 0.3) is 0 Å². The fourth-order valence-electron chi connectivity index (χ4n) is 3.45. The number of alkyl halides is 3. The van der Waals surface area contributed by atoms with Crippen molar-refractivity contribution in [2.45, 2.75) is 19.1 Å². The van der Waals surface area contributed by atoms with Crippen LogP contribution in [0.5, 0.6) is 0 Å². The quantitative estimate of drug-likeness (QED) is 0.563. The van der Waals surface area contributed by atoms with Crippen LogP contribution in [0.15, 0.2) is 42.5 Å². The predicted molar refractivity (Wildman–Crippen MR) is 107 cm³/mol. The van der Waals surface area contributed by atoms with Gasteiger partial charge in [0.05, 0.1) is 5.56 Å². The number of terminal acetylenes is 1. The molecular weight excluding hydrogens is 377 g/mol. The Morgan fingerprint density at radius 1 is 1.07 bits per heavy atom. The number of halogens is 3. The third-order valence-electron chi connectivity index (χ3n) is 5.10. The van der Waals surface area contributed by atoms with E-state index in [1.54, 1.807) is 30.3 Å². The van der Waals surface area contributed by atoms with Gasteiger partial charge in [-0.1, -0.05) is 24.1 Å². The zero-order valence-electron chi connectivity index (χ0n) is 16.3. The summed E-state index contributed by atoms with van der Waals surface area (Å²) in [4.78, 5) is 16.9. The largest absolute Gasteiger partial charge is 0.416 e. The van der Waals surface area contributed by atoms with E-state index in [1.165, 1.54) is 6.07 Å². The third kappa shape index (κ3) is 5.69. The second kappa shape index (κ2) is 8.81. The number of hydrogen-bond acceptors (Lipinski definition) is 3. The molecule has 2 aromatic rings. The smallest absolute Gasteiger partial charge is 0.304 e. The SMILES string of the molecule is C#Cc1cccc(C(=O)Cc2cc(CN3CCN(C)CC3)cc(C(F)(F)F)c2)c1. The van der Waals surface area contributed by atoms with E-state index >= 15 is 0 Å². The van der Waals surface area contributed by atoms with E-state index in [4.69, 9.17) is 6.42 Å². The minimum atomic E-state index is -4.46. The summed E-state index contributed by atoms with van der Waals surface area (Å²) in [6.45, 7) is 3.82. The van der Waals surface area contributed by atoms with Crippen LogP contribution in [0.25, 0.3) is 0 Å². The molecule has 6 heteroatoms. The molecule has 1 saturated heterocycles. The molecule has 0 bridgehead atoms. The van der Waals surface area contributed by atoms with Gasteiger partial charge in [-0.25, -0.2) is 0 Å². The number of nitrogens with zero attached hydrogens (tertiary/aromatic N) is 2. The first kappa shape index (κ1) is 21.1. The average molecular weight is 400 g/mol. The molecule has 0 radical (unpaired) electrons. The first-order chi connectivity index (χ1) is 13.7. The molecule has 1 aliphatic heterocycles. The molecule has 0 saturated carbocycles. The molecule has 152 valence electrons. The molecule has 0 aliphatic carbocycles. The molecule has 2 aromatic carbocycles. The maximum absolute atomic E-state index is 13.4. The van der Waals surface area contributed by atoms with Crippen LogP contribution in [0, 0.1) is 12.3 Å². The summed E-state index contributed by atoms with van der Waals surface area (Å²) >= 11 is 0. The van der Waals surface area contributed by atoms with Gasteiger partial charge in [0, 0.05) is 50.3 Å². The lowest BCUT2D eigenvalue weighted by Crippen LogP contribution is -2.43. The van der Waals surface area contributed by atoms with E-state index in [-0.39, 0.29) is 12.2 Å². The van der Waals surface area contributed by atoms with Gasteiger partial charge in [-0.15, -0.1) is 6.42 Å². The molecule has 3 nitrogen and oxygen atoms in total. The number of hydrogen-bond donors (Lipinski definition) is 0. The number of carbonyl (C=O) groups is 1. The Morgan fingerprint density at radius 2 is 1.76 bits per heavy atom. The molecule has 1 aliphatic rings. The van der Waals surface area contributed by atoms with Crippen LogP contribution in [-0.2, 0) is 19.1 Å². The van der Waals surface area contributed by atoms with E-state index in [1.807, 2.05) is 7.05 Å². The lowest BCUT2D eigenvalue weighted by molar-refractivity contribution is -0.137. The van der Waals surface area contributed by atoms with Gasteiger partial charge in [-0.3, -0.25) is 9.69 Å². The highest BCUT2D eigenvalue weighted by Gasteiger charge is 2.31. The van der Waals surface area contributed by atoms with Crippen molar-refractivity contribution in [1.29, 1.82) is 0 Å². The minimum absolute atomic E-state index is 0.103. The highest BCUT2D eigenvalue weighted by Crippen LogP contribution is 2.31. The second-order valence-corrected chi connectivity index (χ2v) is 7.44. The molecule has 0 aromatic heterocycles. The van der Waals surface area contributed by atoms with Gasteiger partial charge in [-0.2, -0.15) is 13.2 Å². The number of likely N-dealkylation sites (N-methyl/N-ethyl adjacent to an activating group) is 1. The average Bonchev–Trinajstić information content (AvgIpc) is 2.69. The Bertz CT molecular complexity index is 922. The Kier molecular flexibility index (Phi) is 6.41. The monoisotopic (exact) mass is 400 g/mol. The van der Waals surface area contributed by atoms with E-state index in [0.717, 1.165) is 32.2 Å². The van der Waals surface area contributed by atoms with E-state index in [9.17, 15) is 18.0 Å². The molecule has 0 N–H and O–H groups in total. The second-order valence-electron chi connectivity index (χ2n) is 7.44. The fourth-order valence-corrected chi connectivity index (χ4v) is 3.45. The minimum Gasteiger partial charge on any atom is -0.304 e. The number of piperazine rings is 1. The lowest BCUT2D eigenvalue weighted by atomic mass is 9.97. The zero-order chi connectivity index (χ0) is 21.0. The maximum atomic E-state index is 13.4. The Morgan fingerprint density at radius 3 is 2.41 bits per heavy atom. The van der Waals surface area contributed by atoms with Crippen molar-refractivity contribution in [3.8, 4) is 12.3 Å². The van der Waals surface area contributed by atoms with Crippen molar-refractivity contribution in [3.63, 3.8) is 0 Å². The number of ketones is 1. The standard InChI is InChI=1S/C23H23F3N2O/c1-3-17-5-4-6-20(12-17)22(29)15-18-11-19(14-21(13-18)23(24,25)26)16-28-9-7-27(2)8-10-28/h1,4-6,11-14H,7-10,15-16H2,2H3. The summed E-state index contributed by atoms with van der Waals surface area (Å²) < 4.78 is 40.2. The highest BCUT2D eigenvalue weighted by molar-refractivity contribution is 5.97. The first-order valence-electron chi connectivity index (χ1n) is 9.45. The van der Waals surface area contributed by atoms with Gasteiger partial charge in [0.2, 0.25) is 0 Å². The van der Waals surface area contributed by atoms with Crippen LogP contribution in [0.1, 0.15) is 32.6 Å². The molecule has 0 atom stereocenters. The van der Waals surface area contributed by atoms with Crippen molar-refractivity contribution in [2.75, 3.05) is 33.2 Å². The maximum Gasteiger partial charge on any atom is 0.416 e. The van der Waals surface area contributed by atoms with Crippen LogP contribution >= 0.6 is 0 Å². The normalized spacial score (nSPS) is 15.8. The fraction of sp³-hybridized carbons (Fsp3) is 0.348. The van der Waals surface area contributed by atoms with Gasteiger partial charge in [-0.05, 0) is 42.4 Å². The number of Topliss-reactive ketones (excluding diaryl/α,β-unsaturated/α-hetero) is 1. The number of rotatable bonds is 5. The third-order valence-corrected chi connectivity index (χ3v) is 5.10. The molecule has 1 heterocycles. The summed E-state index contributed by atoms with van der Waals surface area (Å²) in [6, 6.07) is 10.5. The van der Waals surface area contributed by atoms with Crippen LogP contribution in [0.2, 0.25) is 0 Å². The molecule has 0 spiro atoms. The van der Waals surface area contributed by atoms with E-state index in [2.05, 4.69) is 15.7 Å². The topological polar surface area (TPSA) is 23.6 Å². The predicted octanol–water partition coefficient (Wildman–Crippen LogP) is 3.86. The van der Waals surface area contributed by atoms with Gasteiger partial charge in [0.1, 0.15) is 0 Å². The Labute approximate surface area is 169 Å². The van der Waals surface area contributed by atoms with Gasteiger partial charge in [0.15, 0.2) is 5.78 Å². The van der Waals surface area contributed by atoms with Crippen LogP contribution in [0.4, 0.5) is 13.2 Å². The molecule has 29 heavy (non-hydrogen) atoms. The molecule has 1 fully saturated rings. The highest BCUT2D eigenvalue weighted by atomic mass is 19.4. The van der Waals surface area contributed by atoms with E-state index < -0.39 is 11.7 Å². The molecule has 0 unspecified atom stereocenters.